The minimum atomic E-state index is -0.566. The number of carbonyl (C=O) groups excluding carboxylic acids is 2. The van der Waals surface area contributed by atoms with E-state index in [4.69, 9.17) is 34.8 Å². The third-order valence-corrected chi connectivity index (χ3v) is 6.37. The van der Waals surface area contributed by atoms with Gasteiger partial charge in [0.1, 0.15) is 12.4 Å². The van der Waals surface area contributed by atoms with Gasteiger partial charge in [-0.05, 0) is 60.5 Å². The molecular weight excluding hydrogens is 550 g/mol. The van der Waals surface area contributed by atoms with Crippen LogP contribution in [-0.4, -0.2) is 39.4 Å². The van der Waals surface area contributed by atoms with E-state index in [1.807, 2.05) is 13.8 Å². The van der Waals surface area contributed by atoms with Gasteiger partial charge in [-0.25, -0.2) is 9.37 Å². The summed E-state index contributed by atoms with van der Waals surface area (Å²) >= 11 is 18.0. The second-order valence-corrected chi connectivity index (χ2v) is 10.3. The van der Waals surface area contributed by atoms with Crippen LogP contribution in [0.1, 0.15) is 24.2 Å². The molecule has 6 nitrogen and oxygen atoms in total. The molecule has 0 radical (unpaired) electrons. The van der Waals surface area contributed by atoms with Crippen LogP contribution >= 0.6 is 34.8 Å². The zero-order valence-corrected chi connectivity index (χ0v) is 22.9. The molecule has 0 bridgehead atoms. The number of carbonyl (C=O) groups is 2. The lowest BCUT2D eigenvalue weighted by Gasteiger charge is -2.24. The first kappa shape index (κ1) is 27.6. The quantitative estimate of drug-likeness (QED) is 0.239. The van der Waals surface area contributed by atoms with Gasteiger partial charge >= 0.3 is 0 Å². The minimum absolute atomic E-state index is 0.0711. The van der Waals surface area contributed by atoms with Crippen LogP contribution in [0.3, 0.4) is 0 Å². The van der Waals surface area contributed by atoms with Crippen LogP contribution in [-0.2, 0) is 4.79 Å². The van der Waals surface area contributed by atoms with Crippen molar-refractivity contribution < 1.29 is 14.0 Å². The molecule has 0 aliphatic carbocycles. The Hall–Kier alpha value is -3.39. The molecule has 3 aromatic carbocycles. The smallest absolute Gasteiger partial charge is 0.254 e. The molecule has 1 N–H and O–H groups in total. The van der Waals surface area contributed by atoms with E-state index in [2.05, 4.69) is 10.3 Å². The Bertz CT molecular complexity index is 1450. The van der Waals surface area contributed by atoms with E-state index in [1.165, 1.54) is 23.1 Å². The maximum atomic E-state index is 13.8. The van der Waals surface area contributed by atoms with E-state index in [0.29, 0.717) is 33.5 Å². The maximum absolute atomic E-state index is 13.8. The summed E-state index contributed by atoms with van der Waals surface area (Å²) in [7, 11) is 0. The summed E-state index contributed by atoms with van der Waals surface area (Å²) in [6.07, 6.45) is 1.70. The van der Waals surface area contributed by atoms with Crippen molar-refractivity contribution in [2.75, 3.05) is 18.4 Å². The molecule has 0 fully saturated rings. The van der Waals surface area contributed by atoms with Gasteiger partial charge in [0.25, 0.3) is 5.91 Å². The Morgan fingerprint density at radius 3 is 2.21 bits per heavy atom. The normalized spacial score (nSPS) is 11.0. The predicted octanol–water partition coefficient (Wildman–Crippen LogP) is 7.38. The Morgan fingerprint density at radius 2 is 1.61 bits per heavy atom. The molecule has 0 saturated carbocycles. The summed E-state index contributed by atoms with van der Waals surface area (Å²) in [5, 5.41) is 3.81. The van der Waals surface area contributed by atoms with E-state index in [-0.39, 0.29) is 29.3 Å². The first-order valence-corrected chi connectivity index (χ1v) is 12.9. The van der Waals surface area contributed by atoms with Crippen molar-refractivity contribution in [3.8, 4) is 16.9 Å². The Labute approximate surface area is 235 Å². The van der Waals surface area contributed by atoms with E-state index in [9.17, 15) is 14.0 Å². The molecule has 1 aromatic heterocycles. The lowest BCUT2D eigenvalue weighted by atomic mass is 10.1. The minimum Gasteiger partial charge on any atom is -0.329 e. The number of benzene rings is 3. The number of nitrogens with zero attached hydrogens (tertiary/aromatic N) is 3. The average Bonchev–Trinajstić information content (AvgIpc) is 3.29. The van der Waals surface area contributed by atoms with Gasteiger partial charge in [-0.2, -0.15) is 0 Å². The van der Waals surface area contributed by atoms with Crippen LogP contribution in [0.5, 0.6) is 0 Å². The third kappa shape index (κ3) is 6.72. The number of hydrogen-bond acceptors (Lipinski definition) is 3. The van der Waals surface area contributed by atoms with Gasteiger partial charge < -0.3 is 4.90 Å². The van der Waals surface area contributed by atoms with Crippen LogP contribution in [0.25, 0.3) is 16.9 Å². The van der Waals surface area contributed by atoms with Crippen LogP contribution in [0.2, 0.25) is 15.1 Å². The Kier molecular flexibility index (Phi) is 8.72. The fourth-order valence-corrected chi connectivity index (χ4v) is 4.26. The fourth-order valence-electron chi connectivity index (χ4n) is 3.83. The predicted molar refractivity (Wildman–Crippen MR) is 150 cm³/mol. The molecule has 196 valence electrons. The molecule has 0 atom stereocenters. The zero-order chi connectivity index (χ0) is 27.4. The van der Waals surface area contributed by atoms with Crippen molar-refractivity contribution >= 4 is 52.6 Å². The first-order valence-electron chi connectivity index (χ1n) is 11.8. The maximum Gasteiger partial charge on any atom is 0.254 e. The molecule has 4 aromatic rings. The molecular formula is C28H24Cl3FN4O2. The highest BCUT2D eigenvalue weighted by Gasteiger charge is 2.22. The highest BCUT2D eigenvalue weighted by atomic mass is 35.5. The summed E-state index contributed by atoms with van der Waals surface area (Å²) in [6.45, 7) is 4.09. The van der Waals surface area contributed by atoms with E-state index in [1.54, 1.807) is 59.3 Å². The van der Waals surface area contributed by atoms with Gasteiger partial charge in [-0.3, -0.25) is 19.5 Å². The van der Waals surface area contributed by atoms with Crippen LogP contribution in [0.4, 0.5) is 10.3 Å². The molecule has 10 heteroatoms. The summed E-state index contributed by atoms with van der Waals surface area (Å²) in [4.78, 5) is 32.5. The van der Waals surface area contributed by atoms with Gasteiger partial charge in [-0.1, -0.05) is 60.8 Å². The van der Waals surface area contributed by atoms with Gasteiger partial charge in [0.2, 0.25) is 11.9 Å². The van der Waals surface area contributed by atoms with Gasteiger partial charge in [0.05, 0.1) is 16.4 Å². The molecule has 0 aliphatic heterocycles. The number of nitrogens with one attached hydrogen (secondary N) is 1. The Morgan fingerprint density at radius 1 is 0.974 bits per heavy atom. The van der Waals surface area contributed by atoms with Crippen molar-refractivity contribution in [3.63, 3.8) is 0 Å². The third-order valence-electron chi connectivity index (χ3n) is 5.58. The standard InChI is InChI=1S/C28H24Cl3FN4O2/c1-17(2)14-35(27(38)19-5-9-21(30)10-6-19)16-26(37)34-28-33-25(18-3-7-20(29)8-4-18)15-36(28)22-11-12-24(32)23(31)13-22/h3-13,15,17H,14,16H2,1-2H3,(H,33,34,37). The second kappa shape index (κ2) is 12.0. The Balaban J connectivity index is 1.64. The van der Waals surface area contributed by atoms with Crippen molar-refractivity contribution in [1.82, 2.24) is 14.5 Å². The van der Waals surface area contributed by atoms with Gasteiger partial charge in [0, 0.05) is 33.9 Å². The van der Waals surface area contributed by atoms with Crippen LogP contribution in [0.15, 0.2) is 72.9 Å². The lowest BCUT2D eigenvalue weighted by molar-refractivity contribution is -0.117. The average molecular weight is 574 g/mol. The summed E-state index contributed by atoms with van der Waals surface area (Å²) < 4.78 is 15.4. The van der Waals surface area contributed by atoms with Crippen LogP contribution in [0, 0.1) is 11.7 Å². The van der Waals surface area contributed by atoms with Crippen molar-refractivity contribution in [2.24, 2.45) is 5.92 Å². The highest BCUT2D eigenvalue weighted by molar-refractivity contribution is 6.31. The molecule has 0 aliphatic rings. The number of hydrogen-bond donors (Lipinski definition) is 1. The molecule has 4 rings (SSSR count). The van der Waals surface area contributed by atoms with E-state index >= 15 is 0 Å². The number of rotatable bonds is 8. The summed E-state index contributed by atoms with van der Waals surface area (Å²) in [5.74, 6) is -0.995. The lowest BCUT2D eigenvalue weighted by Crippen LogP contribution is -2.40. The van der Waals surface area contributed by atoms with Crippen molar-refractivity contribution in [2.45, 2.75) is 13.8 Å². The first-order chi connectivity index (χ1) is 18.1. The molecule has 38 heavy (non-hydrogen) atoms. The van der Waals surface area contributed by atoms with E-state index in [0.717, 1.165) is 5.56 Å². The second-order valence-electron chi connectivity index (χ2n) is 9.06. The highest BCUT2D eigenvalue weighted by Crippen LogP contribution is 2.27. The van der Waals surface area contributed by atoms with Gasteiger partial charge in [0.15, 0.2) is 0 Å². The molecule has 0 saturated heterocycles. The zero-order valence-electron chi connectivity index (χ0n) is 20.6. The molecule has 1 heterocycles. The topological polar surface area (TPSA) is 67.2 Å². The summed E-state index contributed by atoms with van der Waals surface area (Å²) in [5.41, 5.74) is 2.23. The number of halogens is 4. The van der Waals surface area contributed by atoms with Crippen LogP contribution < -0.4 is 5.32 Å². The monoisotopic (exact) mass is 572 g/mol. The molecule has 0 spiro atoms. The largest absolute Gasteiger partial charge is 0.329 e. The number of anilines is 1. The number of amides is 2. The summed E-state index contributed by atoms with van der Waals surface area (Å²) in [6, 6.07) is 17.8. The SMILES string of the molecule is CC(C)CN(CC(=O)Nc1nc(-c2ccc(Cl)cc2)cn1-c1ccc(F)c(Cl)c1)C(=O)c1ccc(Cl)cc1. The van der Waals surface area contributed by atoms with E-state index < -0.39 is 11.7 Å². The fraction of sp³-hybridized carbons (Fsp3) is 0.179. The number of imidazole rings is 1. The van der Waals surface area contributed by atoms with Crippen molar-refractivity contribution in [3.05, 3.63) is 99.4 Å². The molecule has 0 unspecified atom stereocenters. The van der Waals surface area contributed by atoms with Crippen molar-refractivity contribution in [1.29, 1.82) is 0 Å². The number of aromatic nitrogens is 2. The molecule has 2 amide bonds. The van der Waals surface area contributed by atoms with Gasteiger partial charge in [-0.15, -0.1) is 0 Å².